The fourth-order valence-electron chi connectivity index (χ4n) is 3.52. The number of carbonyl (C=O) groups excluding carboxylic acids is 2. The van der Waals surface area contributed by atoms with Crippen LogP contribution in [0.1, 0.15) is 21.5 Å². The van der Waals surface area contributed by atoms with Crippen LogP contribution in [-0.4, -0.2) is 68.5 Å². The lowest BCUT2D eigenvalue weighted by Crippen LogP contribution is -2.51. The molecule has 0 unspecified atom stereocenters. The fraction of sp³-hybridized carbons (Fsp3) is 0.364. The van der Waals surface area contributed by atoms with Crippen molar-refractivity contribution in [2.24, 2.45) is 0 Å². The van der Waals surface area contributed by atoms with Crippen LogP contribution in [-0.2, 0) is 19.6 Å². The first kappa shape index (κ1) is 23.3. The third-order valence-corrected chi connectivity index (χ3v) is 8.05. The van der Waals surface area contributed by atoms with Crippen molar-refractivity contribution in [3.63, 3.8) is 0 Å². The van der Waals surface area contributed by atoms with Crippen molar-refractivity contribution in [2.75, 3.05) is 39.0 Å². The second-order valence-electron chi connectivity index (χ2n) is 7.33. The van der Waals surface area contributed by atoms with Crippen molar-refractivity contribution in [2.45, 2.75) is 23.6 Å². The molecule has 7 nitrogen and oxygen atoms in total. The van der Waals surface area contributed by atoms with Crippen LogP contribution in [0.4, 0.5) is 0 Å². The van der Waals surface area contributed by atoms with Crippen LogP contribution in [0.2, 0.25) is 0 Å². The molecular weight excluding hydrogens is 436 g/mol. The van der Waals surface area contributed by atoms with E-state index in [4.69, 9.17) is 4.74 Å². The smallest absolute Gasteiger partial charge is 0.339 e. The van der Waals surface area contributed by atoms with Crippen molar-refractivity contribution in [3.8, 4) is 0 Å². The number of carbonyl (C=O) groups is 2. The summed E-state index contributed by atoms with van der Waals surface area (Å²) in [6.45, 7) is 4.23. The molecule has 0 aliphatic carbocycles. The molecule has 1 saturated heterocycles. The summed E-state index contributed by atoms with van der Waals surface area (Å²) in [5.74, 6) is -0.882. The topological polar surface area (TPSA) is 84.0 Å². The predicted molar refractivity (Wildman–Crippen MR) is 120 cm³/mol. The molecule has 3 rings (SSSR count). The maximum atomic E-state index is 13.0. The van der Waals surface area contributed by atoms with E-state index in [1.54, 1.807) is 31.2 Å². The van der Waals surface area contributed by atoms with Crippen LogP contribution in [0.15, 0.2) is 52.3 Å². The van der Waals surface area contributed by atoms with Crippen molar-refractivity contribution < 1.29 is 22.7 Å². The quantitative estimate of drug-likeness (QED) is 0.485. The molecule has 0 N–H and O–H groups in total. The average molecular weight is 463 g/mol. The zero-order valence-electron chi connectivity index (χ0n) is 17.8. The number of hydrogen-bond acceptors (Lipinski definition) is 6. The molecule has 1 aliphatic rings. The number of sulfonamides is 1. The first-order valence-corrected chi connectivity index (χ1v) is 12.6. The number of rotatable bonds is 6. The highest BCUT2D eigenvalue weighted by Crippen LogP contribution is 2.23. The summed E-state index contributed by atoms with van der Waals surface area (Å²) in [5.41, 5.74) is 2.13. The van der Waals surface area contributed by atoms with Crippen molar-refractivity contribution >= 4 is 33.7 Å². The van der Waals surface area contributed by atoms with E-state index in [0.29, 0.717) is 16.0 Å². The van der Waals surface area contributed by atoms with Gasteiger partial charge in [0.15, 0.2) is 6.61 Å². The van der Waals surface area contributed by atoms with Gasteiger partial charge in [0.1, 0.15) is 0 Å². The maximum Gasteiger partial charge on any atom is 0.339 e. The minimum absolute atomic E-state index is 0.199. The molecule has 9 heteroatoms. The van der Waals surface area contributed by atoms with E-state index in [-0.39, 0.29) is 38.7 Å². The van der Waals surface area contributed by atoms with E-state index in [1.807, 2.05) is 31.4 Å². The summed E-state index contributed by atoms with van der Waals surface area (Å²) in [7, 11) is -3.62. The highest BCUT2D eigenvalue weighted by Gasteiger charge is 2.31. The summed E-state index contributed by atoms with van der Waals surface area (Å²) >= 11 is 1.43. The molecule has 0 saturated carbocycles. The normalized spacial score (nSPS) is 15.0. The Morgan fingerprint density at radius 2 is 1.71 bits per heavy atom. The first-order chi connectivity index (χ1) is 14.7. The maximum absolute atomic E-state index is 13.0. The molecule has 2 aromatic rings. The van der Waals surface area contributed by atoms with Crippen LogP contribution >= 0.6 is 11.8 Å². The molecule has 1 heterocycles. The highest BCUT2D eigenvalue weighted by molar-refractivity contribution is 7.98. The minimum atomic E-state index is -3.62. The second kappa shape index (κ2) is 9.84. The van der Waals surface area contributed by atoms with Crippen LogP contribution < -0.4 is 0 Å². The molecule has 1 aliphatic heterocycles. The number of thioether (sulfide) groups is 1. The largest absolute Gasteiger partial charge is 0.452 e. The van der Waals surface area contributed by atoms with Crippen molar-refractivity contribution in [1.29, 1.82) is 0 Å². The Morgan fingerprint density at radius 3 is 2.35 bits per heavy atom. The van der Waals surface area contributed by atoms with Crippen molar-refractivity contribution in [1.82, 2.24) is 9.21 Å². The Morgan fingerprint density at radius 1 is 1.03 bits per heavy atom. The SMILES string of the molecule is CSc1ccccc1C(=O)OCC(=O)N1CCN(S(=O)(=O)c2ccc(C)cc2C)CC1. The van der Waals surface area contributed by atoms with Gasteiger partial charge in [0.25, 0.3) is 5.91 Å². The van der Waals surface area contributed by atoms with E-state index >= 15 is 0 Å². The number of esters is 1. The lowest BCUT2D eigenvalue weighted by atomic mass is 10.2. The van der Waals surface area contributed by atoms with E-state index in [0.717, 1.165) is 10.5 Å². The summed E-state index contributed by atoms with van der Waals surface area (Å²) in [4.78, 5) is 27.4. The van der Waals surface area contributed by atoms with E-state index < -0.39 is 16.0 Å². The number of benzene rings is 2. The summed E-state index contributed by atoms with van der Waals surface area (Å²) in [6.07, 6.45) is 1.86. The number of aryl methyl sites for hydroxylation is 2. The van der Waals surface area contributed by atoms with E-state index in [9.17, 15) is 18.0 Å². The Labute approximate surface area is 187 Å². The Hall–Kier alpha value is -2.36. The Balaban J connectivity index is 1.56. The average Bonchev–Trinajstić information content (AvgIpc) is 2.77. The number of piperazine rings is 1. The van der Waals surface area contributed by atoms with Crippen LogP contribution in [0, 0.1) is 13.8 Å². The van der Waals surface area contributed by atoms with Gasteiger partial charge in [0.2, 0.25) is 10.0 Å². The predicted octanol–water partition coefficient (Wildman–Crippen LogP) is 2.72. The zero-order chi connectivity index (χ0) is 22.6. The molecule has 1 fully saturated rings. The Kier molecular flexibility index (Phi) is 7.40. The number of hydrogen-bond donors (Lipinski definition) is 0. The lowest BCUT2D eigenvalue weighted by Gasteiger charge is -2.34. The van der Waals surface area contributed by atoms with Gasteiger partial charge in [-0.05, 0) is 43.9 Å². The molecule has 2 aromatic carbocycles. The molecule has 0 spiro atoms. The molecular formula is C22H26N2O5S2. The van der Waals surface area contributed by atoms with Crippen molar-refractivity contribution in [3.05, 3.63) is 59.2 Å². The zero-order valence-corrected chi connectivity index (χ0v) is 19.5. The third-order valence-electron chi connectivity index (χ3n) is 5.19. The summed E-state index contributed by atoms with van der Waals surface area (Å²) in [6, 6.07) is 12.3. The molecule has 166 valence electrons. The standard InChI is InChI=1S/C22H26N2O5S2/c1-16-8-9-20(17(2)14-16)31(27,28)24-12-10-23(11-13-24)21(25)15-29-22(26)18-6-4-5-7-19(18)30-3/h4-9,14H,10-13,15H2,1-3H3. The molecule has 1 amide bonds. The summed E-state index contributed by atoms with van der Waals surface area (Å²) in [5, 5.41) is 0. The first-order valence-electron chi connectivity index (χ1n) is 9.89. The van der Waals surface area contributed by atoms with Gasteiger partial charge in [0, 0.05) is 31.1 Å². The van der Waals surface area contributed by atoms with Gasteiger partial charge in [-0.3, -0.25) is 4.79 Å². The van der Waals surface area contributed by atoms with Gasteiger partial charge in [-0.25, -0.2) is 13.2 Å². The molecule has 0 atom stereocenters. The van der Waals surface area contributed by atoms with Gasteiger partial charge < -0.3 is 9.64 Å². The highest BCUT2D eigenvalue weighted by atomic mass is 32.2. The van der Waals surface area contributed by atoms with E-state index in [1.165, 1.54) is 21.0 Å². The van der Waals surface area contributed by atoms with E-state index in [2.05, 4.69) is 0 Å². The number of nitrogens with zero attached hydrogens (tertiary/aromatic N) is 2. The van der Waals surface area contributed by atoms with Crippen LogP contribution in [0.3, 0.4) is 0 Å². The van der Waals surface area contributed by atoms with Gasteiger partial charge in [-0.2, -0.15) is 4.31 Å². The van der Waals surface area contributed by atoms with Gasteiger partial charge in [0.05, 0.1) is 10.5 Å². The fourth-order valence-corrected chi connectivity index (χ4v) is 5.73. The minimum Gasteiger partial charge on any atom is -0.452 e. The lowest BCUT2D eigenvalue weighted by molar-refractivity contribution is -0.135. The summed E-state index contributed by atoms with van der Waals surface area (Å²) < 4.78 is 32.6. The molecule has 0 bridgehead atoms. The molecule has 0 radical (unpaired) electrons. The monoisotopic (exact) mass is 462 g/mol. The molecule has 31 heavy (non-hydrogen) atoms. The van der Waals surface area contributed by atoms with Crippen LogP contribution in [0.25, 0.3) is 0 Å². The number of amides is 1. The third kappa shape index (κ3) is 5.28. The second-order valence-corrected chi connectivity index (χ2v) is 10.1. The molecule has 0 aromatic heterocycles. The van der Waals surface area contributed by atoms with Crippen LogP contribution in [0.5, 0.6) is 0 Å². The van der Waals surface area contributed by atoms with Gasteiger partial charge in [-0.15, -0.1) is 11.8 Å². The van der Waals surface area contributed by atoms with Gasteiger partial charge >= 0.3 is 5.97 Å². The number of ether oxygens (including phenoxy) is 1. The van der Waals surface area contributed by atoms with Gasteiger partial charge in [-0.1, -0.05) is 29.8 Å². The Bertz CT molecular complexity index is 1080.